The fraction of sp³-hybridized carbons (Fsp3) is 0.0244. The number of benzene rings is 6. The minimum Gasteiger partial charge on any atom is -0.374 e. The van der Waals surface area contributed by atoms with Crippen molar-refractivity contribution in [1.29, 1.82) is 0 Å². The minimum absolute atomic E-state index is 0.148. The topological polar surface area (TPSA) is 37.8 Å². The highest BCUT2D eigenvalue weighted by Crippen LogP contribution is 2.44. The van der Waals surface area contributed by atoms with Crippen molar-refractivity contribution in [3.05, 3.63) is 175 Å². The molecule has 0 radical (unpaired) electrons. The third-order valence-electron chi connectivity index (χ3n) is 8.20. The third-order valence-corrected chi connectivity index (χ3v) is 9.43. The average molecular weight is 596 g/mol. The number of nitrogens with one attached hydrogen (secondary N) is 1. The molecule has 0 bridgehead atoms. The summed E-state index contributed by atoms with van der Waals surface area (Å²) in [5, 5.41) is 6.29. The SMILES string of the molecule is C1=C(c2cccc3ccccc23)SC(c2ccc(-c3cc(-c4cccc(-c5ccccc5)c4)nc(-c4ccccc4)n3)cc2)N1. The van der Waals surface area contributed by atoms with Gasteiger partial charge in [-0.05, 0) is 45.2 Å². The molecule has 8 rings (SSSR count). The summed E-state index contributed by atoms with van der Waals surface area (Å²) in [6.45, 7) is 0. The van der Waals surface area contributed by atoms with Gasteiger partial charge in [-0.1, -0.05) is 157 Å². The summed E-state index contributed by atoms with van der Waals surface area (Å²) in [7, 11) is 0. The zero-order valence-corrected chi connectivity index (χ0v) is 25.3. The molecule has 1 atom stereocenters. The van der Waals surface area contributed by atoms with Crippen molar-refractivity contribution in [1.82, 2.24) is 15.3 Å². The van der Waals surface area contributed by atoms with Crippen LogP contribution in [0.4, 0.5) is 0 Å². The molecule has 4 heteroatoms. The van der Waals surface area contributed by atoms with Crippen molar-refractivity contribution in [2.24, 2.45) is 0 Å². The van der Waals surface area contributed by atoms with E-state index in [9.17, 15) is 0 Å². The number of nitrogens with zero attached hydrogens (tertiary/aromatic N) is 2. The molecular weight excluding hydrogens is 567 g/mol. The van der Waals surface area contributed by atoms with Gasteiger partial charge in [0.1, 0.15) is 5.37 Å². The van der Waals surface area contributed by atoms with E-state index in [-0.39, 0.29) is 5.37 Å². The zero-order valence-electron chi connectivity index (χ0n) is 24.5. The average Bonchev–Trinajstić information content (AvgIpc) is 3.62. The van der Waals surface area contributed by atoms with Crippen LogP contribution < -0.4 is 5.32 Å². The van der Waals surface area contributed by atoms with Gasteiger partial charge in [-0.15, -0.1) is 0 Å². The van der Waals surface area contributed by atoms with Crippen LogP contribution in [0.3, 0.4) is 0 Å². The van der Waals surface area contributed by atoms with E-state index in [1.807, 2.05) is 36.0 Å². The predicted molar refractivity (Wildman–Crippen MR) is 189 cm³/mol. The lowest BCUT2D eigenvalue weighted by Gasteiger charge is -2.14. The largest absolute Gasteiger partial charge is 0.374 e. The second kappa shape index (κ2) is 11.9. The van der Waals surface area contributed by atoms with Gasteiger partial charge in [-0.2, -0.15) is 0 Å². The van der Waals surface area contributed by atoms with Gasteiger partial charge in [-0.25, -0.2) is 9.97 Å². The van der Waals surface area contributed by atoms with E-state index in [0.717, 1.165) is 33.6 Å². The van der Waals surface area contributed by atoms with E-state index in [1.165, 1.54) is 32.4 Å². The summed E-state index contributed by atoms with van der Waals surface area (Å²) < 4.78 is 0. The van der Waals surface area contributed by atoms with Gasteiger partial charge in [0.15, 0.2) is 5.82 Å². The molecule has 1 aromatic heterocycles. The molecular formula is C41H29N3S. The van der Waals surface area contributed by atoms with Gasteiger partial charge in [0.25, 0.3) is 0 Å². The summed E-state index contributed by atoms with van der Waals surface area (Å²) in [5.74, 6) is 0.717. The quantitative estimate of drug-likeness (QED) is 0.208. The van der Waals surface area contributed by atoms with Gasteiger partial charge in [0, 0.05) is 27.8 Å². The normalized spacial score (nSPS) is 14.2. The summed E-state index contributed by atoms with van der Waals surface area (Å²) in [6.07, 6.45) is 2.15. The van der Waals surface area contributed by atoms with Crippen molar-refractivity contribution in [2.45, 2.75) is 5.37 Å². The second-order valence-corrected chi connectivity index (χ2v) is 12.2. The molecule has 45 heavy (non-hydrogen) atoms. The molecule has 1 unspecified atom stereocenters. The molecule has 0 aliphatic carbocycles. The molecule has 3 nitrogen and oxygen atoms in total. The highest BCUT2D eigenvalue weighted by atomic mass is 32.2. The Morgan fingerprint density at radius 1 is 0.489 bits per heavy atom. The molecule has 6 aromatic carbocycles. The van der Waals surface area contributed by atoms with Gasteiger partial charge >= 0.3 is 0 Å². The van der Waals surface area contributed by atoms with Crippen molar-refractivity contribution < 1.29 is 0 Å². The fourth-order valence-corrected chi connectivity index (χ4v) is 6.99. The molecule has 0 saturated heterocycles. The lowest BCUT2D eigenvalue weighted by atomic mass is 10.0. The third kappa shape index (κ3) is 5.52. The fourth-order valence-electron chi connectivity index (χ4n) is 5.87. The highest BCUT2D eigenvalue weighted by Gasteiger charge is 2.21. The Balaban J connectivity index is 1.11. The Hall–Kier alpha value is -5.45. The molecule has 1 N–H and O–H groups in total. The number of aromatic nitrogens is 2. The molecule has 0 amide bonds. The summed E-state index contributed by atoms with van der Waals surface area (Å²) >= 11 is 1.86. The van der Waals surface area contributed by atoms with Crippen LogP contribution in [-0.4, -0.2) is 9.97 Å². The van der Waals surface area contributed by atoms with Gasteiger partial charge in [0.2, 0.25) is 0 Å². The summed E-state index contributed by atoms with van der Waals surface area (Å²) in [4.78, 5) is 11.3. The van der Waals surface area contributed by atoms with E-state index in [4.69, 9.17) is 9.97 Å². The Morgan fingerprint density at radius 3 is 1.91 bits per heavy atom. The van der Waals surface area contributed by atoms with Crippen LogP contribution in [0, 0.1) is 0 Å². The Morgan fingerprint density at radius 2 is 1.11 bits per heavy atom. The highest BCUT2D eigenvalue weighted by molar-refractivity contribution is 8.08. The minimum atomic E-state index is 0.148. The van der Waals surface area contributed by atoms with Crippen molar-refractivity contribution in [3.63, 3.8) is 0 Å². The number of fused-ring (bicyclic) bond motifs is 1. The van der Waals surface area contributed by atoms with Crippen LogP contribution in [0.25, 0.3) is 60.7 Å². The number of rotatable bonds is 6. The Labute approximate surface area is 267 Å². The first-order valence-electron chi connectivity index (χ1n) is 15.1. The van der Waals surface area contributed by atoms with Crippen LogP contribution in [0.15, 0.2) is 164 Å². The number of hydrogen-bond donors (Lipinski definition) is 1. The standard InChI is InChI=1S/C41H29N3S/c1-3-11-28(12-4-1)33-17-9-18-34(25-33)38-26-37(43-40(44-38)31-14-5-2-6-15-31)30-21-23-32(24-22-30)41-42-27-39(45-41)36-20-10-16-29-13-7-8-19-35(29)36/h1-27,41-42H. The van der Waals surface area contributed by atoms with E-state index in [0.29, 0.717) is 5.82 Å². The smallest absolute Gasteiger partial charge is 0.160 e. The maximum Gasteiger partial charge on any atom is 0.160 e. The van der Waals surface area contributed by atoms with Gasteiger partial charge < -0.3 is 5.32 Å². The zero-order chi connectivity index (χ0) is 30.0. The van der Waals surface area contributed by atoms with E-state index >= 15 is 0 Å². The van der Waals surface area contributed by atoms with Crippen LogP contribution in [0.1, 0.15) is 16.5 Å². The van der Waals surface area contributed by atoms with Crippen LogP contribution in [0.5, 0.6) is 0 Å². The first-order chi connectivity index (χ1) is 22.3. The molecule has 1 aliphatic heterocycles. The monoisotopic (exact) mass is 595 g/mol. The Bertz CT molecular complexity index is 2150. The van der Waals surface area contributed by atoms with E-state index in [2.05, 4.69) is 145 Å². The maximum absolute atomic E-state index is 5.05. The molecule has 2 heterocycles. The predicted octanol–water partition coefficient (Wildman–Crippen LogP) is 10.6. The van der Waals surface area contributed by atoms with Crippen molar-refractivity contribution in [2.75, 3.05) is 0 Å². The molecule has 0 saturated carbocycles. The Kier molecular flexibility index (Phi) is 7.18. The molecule has 214 valence electrons. The summed E-state index contributed by atoms with van der Waals surface area (Å²) in [5.41, 5.74) is 9.76. The van der Waals surface area contributed by atoms with Gasteiger partial charge in [0.05, 0.1) is 11.4 Å². The first kappa shape index (κ1) is 27.1. The molecule has 0 spiro atoms. The van der Waals surface area contributed by atoms with Crippen molar-refractivity contribution in [3.8, 4) is 45.0 Å². The molecule has 0 fully saturated rings. The van der Waals surface area contributed by atoms with Crippen LogP contribution in [0.2, 0.25) is 0 Å². The van der Waals surface area contributed by atoms with E-state index in [1.54, 1.807) is 0 Å². The number of hydrogen-bond acceptors (Lipinski definition) is 4. The van der Waals surface area contributed by atoms with Crippen LogP contribution >= 0.6 is 11.8 Å². The molecule has 7 aromatic rings. The lowest BCUT2D eigenvalue weighted by molar-refractivity contribution is 0.863. The van der Waals surface area contributed by atoms with Gasteiger partial charge in [-0.3, -0.25) is 0 Å². The summed E-state index contributed by atoms with van der Waals surface area (Å²) in [6, 6.07) is 55.2. The first-order valence-corrected chi connectivity index (χ1v) is 16.0. The number of thioether (sulfide) groups is 1. The van der Waals surface area contributed by atoms with E-state index < -0.39 is 0 Å². The van der Waals surface area contributed by atoms with Crippen molar-refractivity contribution >= 4 is 27.4 Å². The second-order valence-electron chi connectivity index (χ2n) is 11.1. The van der Waals surface area contributed by atoms with Crippen LogP contribution in [-0.2, 0) is 0 Å². The maximum atomic E-state index is 5.05. The molecule has 1 aliphatic rings. The lowest BCUT2D eigenvalue weighted by Crippen LogP contribution is -2.06.